The smallest absolute Gasteiger partial charge is 0.287 e. The Bertz CT molecular complexity index is 1140. The fourth-order valence-corrected chi connectivity index (χ4v) is 3.64. The van der Waals surface area contributed by atoms with Gasteiger partial charge in [0.15, 0.2) is 5.76 Å². The van der Waals surface area contributed by atoms with E-state index in [9.17, 15) is 4.79 Å². The molecular formula is C26H26N2O3. The lowest BCUT2D eigenvalue weighted by Crippen LogP contribution is -2.34. The highest BCUT2D eigenvalue weighted by molar-refractivity contribution is 5.99. The molecule has 0 bridgehead atoms. The normalized spacial score (nSPS) is 12.1. The molecule has 5 nitrogen and oxygen atoms in total. The number of amides is 1. The van der Waals surface area contributed by atoms with Crippen LogP contribution in [0.1, 0.15) is 27.7 Å². The quantitative estimate of drug-likeness (QED) is 0.439. The van der Waals surface area contributed by atoms with Gasteiger partial charge in [-0.15, -0.1) is 0 Å². The molecule has 1 aromatic heterocycles. The summed E-state index contributed by atoms with van der Waals surface area (Å²) in [6.45, 7) is 0.714. The minimum Gasteiger partial charge on any atom is -0.489 e. The Morgan fingerprint density at radius 1 is 0.935 bits per heavy atom. The monoisotopic (exact) mass is 414 g/mol. The van der Waals surface area contributed by atoms with Crippen LogP contribution >= 0.6 is 0 Å². The lowest BCUT2D eigenvalue weighted by atomic mass is 10.1. The van der Waals surface area contributed by atoms with E-state index in [1.54, 1.807) is 0 Å². The number of nitrogens with zero attached hydrogens (tertiary/aromatic N) is 1. The van der Waals surface area contributed by atoms with Gasteiger partial charge in [-0.25, -0.2) is 0 Å². The number of ether oxygens (including phenoxy) is 1. The standard InChI is InChI=1S/C26H26N2O3/c1-28(2)23(19-11-5-3-6-12-19)17-27-26(29)25-22(18-30-20-13-7-4-8-14-20)21-15-9-10-16-24(21)31-25/h3-16,23H,17-18H2,1-2H3,(H,27,29). The second-order valence-electron chi connectivity index (χ2n) is 7.61. The van der Waals surface area contributed by atoms with E-state index in [1.807, 2.05) is 86.9 Å². The highest BCUT2D eigenvalue weighted by atomic mass is 16.5. The average Bonchev–Trinajstić information content (AvgIpc) is 3.17. The zero-order valence-electron chi connectivity index (χ0n) is 17.7. The Morgan fingerprint density at radius 3 is 2.29 bits per heavy atom. The van der Waals surface area contributed by atoms with Crippen LogP contribution in [0.15, 0.2) is 89.3 Å². The number of hydrogen-bond donors (Lipinski definition) is 1. The number of likely N-dealkylation sites (N-methyl/N-ethyl adjacent to an activating group) is 1. The van der Waals surface area contributed by atoms with Crippen LogP contribution in [-0.2, 0) is 6.61 Å². The molecule has 1 atom stereocenters. The van der Waals surface area contributed by atoms with Crippen LogP contribution in [-0.4, -0.2) is 31.4 Å². The van der Waals surface area contributed by atoms with Crippen molar-refractivity contribution in [3.8, 4) is 5.75 Å². The first-order valence-corrected chi connectivity index (χ1v) is 10.3. The molecule has 0 fully saturated rings. The van der Waals surface area contributed by atoms with Gasteiger partial charge in [0.05, 0.1) is 6.04 Å². The van der Waals surface area contributed by atoms with Crippen LogP contribution in [0.25, 0.3) is 11.0 Å². The van der Waals surface area contributed by atoms with Crippen molar-refractivity contribution in [1.29, 1.82) is 0 Å². The van der Waals surface area contributed by atoms with Crippen LogP contribution in [0.3, 0.4) is 0 Å². The maximum atomic E-state index is 13.1. The molecule has 4 rings (SSSR count). The Balaban J connectivity index is 1.55. The van der Waals surface area contributed by atoms with E-state index in [4.69, 9.17) is 9.15 Å². The Labute approximate surface area is 182 Å². The number of carbonyl (C=O) groups is 1. The lowest BCUT2D eigenvalue weighted by Gasteiger charge is -2.25. The molecular weight excluding hydrogens is 388 g/mol. The molecule has 1 heterocycles. The maximum absolute atomic E-state index is 13.1. The molecule has 0 radical (unpaired) electrons. The fourth-order valence-electron chi connectivity index (χ4n) is 3.64. The summed E-state index contributed by atoms with van der Waals surface area (Å²) in [5, 5.41) is 3.93. The molecule has 31 heavy (non-hydrogen) atoms. The average molecular weight is 415 g/mol. The van der Waals surface area contributed by atoms with Crippen LogP contribution in [0.4, 0.5) is 0 Å². The summed E-state index contributed by atoms with van der Waals surface area (Å²) in [4.78, 5) is 15.2. The zero-order chi connectivity index (χ0) is 21.6. The minimum atomic E-state index is -0.245. The van der Waals surface area contributed by atoms with Gasteiger partial charge in [-0.3, -0.25) is 4.79 Å². The summed E-state index contributed by atoms with van der Waals surface area (Å²) in [5.41, 5.74) is 2.56. The third-order valence-corrected chi connectivity index (χ3v) is 5.29. The molecule has 1 amide bonds. The predicted octanol–water partition coefficient (Wildman–Crippen LogP) is 5.04. The van der Waals surface area contributed by atoms with Crippen LogP contribution in [0.2, 0.25) is 0 Å². The van der Waals surface area contributed by atoms with Gasteiger partial charge in [0.2, 0.25) is 0 Å². The minimum absolute atomic E-state index is 0.0542. The highest BCUT2D eigenvalue weighted by Gasteiger charge is 2.23. The van der Waals surface area contributed by atoms with Gasteiger partial charge in [-0.1, -0.05) is 66.7 Å². The van der Waals surface area contributed by atoms with Crippen molar-refractivity contribution >= 4 is 16.9 Å². The van der Waals surface area contributed by atoms with E-state index in [0.717, 1.165) is 22.3 Å². The molecule has 0 saturated heterocycles. The number of carbonyl (C=O) groups excluding carboxylic acids is 1. The summed E-state index contributed by atoms with van der Waals surface area (Å²) >= 11 is 0. The predicted molar refractivity (Wildman–Crippen MR) is 122 cm³/mol. The molecule has 0 aliphatic heterocycles. The Hall–Kier alpha value is -3.57. The van der Waals surface area contributed by atoms with Crippen molar-refractivity contribution in [1.82, 2.24) is 10.2 Å². The van der Waals surface area contributed by atoms with Crippen LogP contribution in [0.5, 0.6) is 5.75 Å². The number of para-hydroxylation sites is 2. The summed E-state index contributed by atoms with van der Waals surface area (Å²) in [6.07, 6.45) is 0. The van der Waals surface area contributed by atoms with Crippen molar-refractivity contribution < 1.29 is 13.9 Å². The topological polar surface area (TPSA) is 54.7 Å². The van der Waals surface area contributed by atoms with E-state index in [-0.39, 0.29) is 18.6 Å². The largest absolute Gasteiger partial charge is 0.489 e. The van der Waals surface area contributed by atoms with Gasteiger partial charge in [0, 0.05) is 17.5 Å². The summed E-state index contributed by atoms with van der Waals surface area (Å²) in [6, 6.07) is 27.4. The van der Waals surface area contributed by atoms with E-state index < -0.39 is 0 Å². The molecule has 0 aliphatic rings. The third kappa shape index (κ3) is 4.78. The van der Waals surface area contributed by atoms with Crippen LogP contribution in [0, 0.1) is 0 Å². The van der Waals surface area contributed by atoms with Gasteiger partial charge in [0.25, 0.3) is 5.91 Å². The molecule has 158 valence electrons. The van der Waals surface area contributed by atoms with E-state index in [2.05, 4.69) is 22.3 Å². The number of benzene rings is 3. The number of rotatable bonds is 8. The Kier molecular flexibility index (Phi) is 6.34. The molecule has 5 heteroatoms. The number of hydrogen-bond acceptors (Lipinski definition) is 4. The maximum Gasteiger partial charge on any atom is 0.287 e. The second kappa shape index (κ2) is 9.49. The molecule has 0 spiro atoms. The molecule has 3 aromatic carbocycles. The molecule has 1 N–H and O–H groups in total. The van der Waals surface area contributed by atoms with Gasteiger partial charge in [0.1, 0.15) is 17.9 Å². The molecule has 4 aromatic rings. The van der Waals surface area contributed by atoms with E-state index >= 15 is 0 Å². The second-order valence-corrected chi connectivity index (χ2v) is 7.61. The molecule has 0 aliphatic carbocycles. The van der Waals surface area contributed by atoms with Gasteiger partial charge in [-0.2, -0.15) is 0 Å². The van der Waals surface area contributed by atoms with Gasteiger partial charge in [-0.05, 0) is 37.9 Å². The van der Waals surface area contributed by atoms with E-state index in [1.165, 1.54) is 0 Å². The van der Waals surface area contributed by atoms with Crippen molar-refractivity contribution in [2.75, 3.05) is 20.6 Å². The van der Waals surface area contributed by atoms with Crippen molar-refractivity contribution in [3.63, 3.8) is 0 Å². The summed E-state index contributed by atoms with van der Waals surface area (Å²) in [5.74, 6) is 0.796. The number of fused-ring (bicyclic) bond motifs is 1. The summed E-state index contributed by atoms with van der Waals surface area (Å²) in [7, 11) is 4.01. The highest BCUT2D eigenvalue weighted by Crippen LogP contribution is 2.27. The Morgan fingerprint density at radius 2 is 1.58 bits per heavy atom. The third-order valence-electron chi connectivity index (χ3n) is 5.29. The van der Waals surface area contributed by atoms with Crippen molar-refractivity contribution in [2.24, 2.45) is 0 Å². The number of nitrogens with one attached hydrogen (secondary N) is 1. The molecule has 0 saturated carbocycles. The zero-order valence-corrected chi connectivity index (χ0v) is 17.7. The van der Waals surface area contributed by atoms with Crippen molar-refractivity contribution in [2.45, 2.75) is 12.6 Å². The van der Waals surface area contributed by atoms with Gasteiger partial charge < -0.3 is 19.4 Å². The van der Waals surface area contributed by atoms with Crippen molar-refractivity contribution in [3.05, 3.63) is 102 Å². The number of furan rings is 1. The first-order chi connectivity index (χ1) is 15.1. The molecule has 1 unspecified atom stereocenters. The SMILES string of the molecule is CN(C)C(CNC(=O)c1oc2ccccc2c1COc1ccccc1)c1ccccc1. The van der Waals surface area contributed by atoms with Gasteiger partial charge >= 0.3 is 0 Å². The van der Waals surface area contributed by atoms with E-state index in [0.29, 0.717) is 17.9 Å². The first kappa shape index (κ1) is 20.7. The fraction of sp³-hybridized carbons (Fsp3) is 0.192. The lowest BCUT2D eigenvalue weighted by molar-refractivity contribution is 0.0913. The summed E-state index contributed by atoms with van der Waals surface area (Å²) < 4.78 is 11.9. The van der Waals surface area contributed by atoms with Crippen LogP contribution < -0.4 is 10.1 Å². The first-order valence-electron chi connectivity index (χ1n) is 10.3.